The molecule has 1 aliphatic rings. The van der Waals surface area contributed by atoms with Crippen LogP contribution in [0.5, 0.6) is 0 Å². The molecule has 0 aromatic rings. The van der Waals surface area contributed by atoms with Crippen LogP contribution in [0.2, 0.25) is 0 Å². The molecule has 110 valence electrons. The molecule has 0 aromatic carbocycles. The minimum atomic E-state index is 0.0952. The van der Waals surface area contributed by atoms with E-state index in [-0.39, 0.29) is 17.7 Å². The summed E-state index contributed by atoms with van der Waals surface area (Å²) in [6, 6.07) is 0. The average Bonchev–Trinajstić information content (AvgIpc) is 2.38. The van der Waals surface area contributed by atoms with Crippen molar-refractivity contribution in [1.82, 2.24) is 10.2 Å². The zero-order valence-corrected chi connectivity index (χ0v) is 12.6. The number of nitrogens with one attached hydrogen (secondary N) is 1. The second-order valence-corrected chi connectivity index (χ2v) is 5.88. The number of carbonyl (C=O) groups excluding carboxylic acids is 2. The van der Waals surface area contributed by atoms with E-state index in [0.717, 1.165) is 45.3 Å². The van der Waals surface area contributed by atoms with Gasteiger partial charge in [-0.05, 0) is 31.6 Å². The standard InChI is InChI=1S/C15H28N2O2/c1-4-5-14(18)17-10-7-13(8-11-17)15(19)16-9-6-12(2)3/h12-13H,4-11H2,1-3H3,(H,16,19). The highest BCUT2D eigenvalue weighted by Crippen LogP contribution is 2.18. The summed E-state index contributed by atoms with van der Waals surface area (Å²) >= 11 is 0. The summed E-state index contributed by atoms with van der Waals surface area (Å²) in [7, 11) is 0. The third kappa shape index (κ3) is 5.62. The first-order chi connectivity index (χ1) is 9.04. The molecule has 1 aliphatic heterocycles. The van der Waals surface area contributed by atoms with Crippen LogP contribution < -0.4 is 5.32 Å². The average molecular weight is 268 g/mol. The number of likely N-dealkylation sites (tertiary alicyclic amines) is 1. The largest absolute Gasteiger partial charge is 0.356 e. The molecule has 1 saturated heterocycles. The van der Waals surface area contributed by atoms with E-state index in [9.17, 15) is 9.59 Å². The van der Waals surface area contributed by atoms with E-state index in [4.69, 9.17) is 0 Å². The molecule has 2 amide bonds. The van der Waals surface area contributed by atoms with Crippen LogP contribution in [0, 0.1) is 11.8 Å². The Balaban J connectivity index is 2.25. The van der Waals surface area contributed by atoms with Gasteiger partial charge in [0, 0.05) is 32.0 Å². The summed E-state index contributed by atoms with van der Waals surface area (Å²) in [6.07, 6.45) is 4.17. The van der Waals surface area contributed by atoms with Crippen molar-refractivity contribution in [2.45, 2.75) is 52.9 Å². The van der Waals surface area contributed by atoms with Gasteiger partial charge in [0.05, 0.1) is 0 Å². The van der Waals surface area contributed by atoms with E-state index in [1.54, 1.807) is 0 Å². The maximum absolute atomic E-state index is 12.0. The third-order valence-electron chi connectivity index (χ3n) is 3.70. The summed E-state index contributed by atoms with van der Waals surface area (Å²) in [5, 5.41) is 3.01. The second kappa shape index (κ2) is 8.18. The van der Waals surface area contributed by atoms with Crippen molar-refractivity contribution in [3.05, 3.63) is 0 Å². The Morgan fingerprint density at radius 2 is 1.89 bits per heavy atom. The SMILES string of the molecule is CCCC(=O)N1CCC(C(=O)NCCC(C)C)CC1. The number of hydrogen-bond acceptors (Lipinski definition) is 2. The third-order valence-corrected chi connectivity index (χ3v) is 3.70. The molecular weight excluding hydrogens is 240 g/mol. The molecule has 0 unspecified atom stereocenters. The number of nitrogens with zero attached hydrogens (tertiary/aromatic N) is 1. The number of piperidine rings is 1. The van der Waals surface area contributed by atoms with Crippen LogP contribution in [0.3, 0.4) is 0 Å². The van der Waals surface area contributed by atoms with Crippen LogP contribution in [0.4, 0.5) is 0 Å². The fourth-order valence-corrected chi connectivity index (χ4v) is 2.39. The van der Waals surface area contributed by atoms with Gasteiger partial charge in [0.15, 0.2) is 0 Å². The van der Waals surface area contributed by atoms with E-state index in [0.29, 0.717) is 12.3 Å². The highest BCUT2D eigenvalue weighted by atomic mass is 16.2. The van der Waals surface area contributed by atoms with Gasteiger partial charge in [-0.1, -0.05) is 20.8 Å². The predicted octanol–water partition coefficient (Wildman–Crippen LogP) is 2.19. The highest BCUT2D eigenvalue weighted by Gasteiger charge is 2.26. The van der Waals surface area contributed by atoms with Gasteiger partial charge >= 0.3 is 0 Å². The molecule has 0 aromatic heterocycles. The molecule has 0 saturated carbocycles. The Bertz CT molecular complexity index is 295. The van der Waals surface area contributed by atoms with Gasteiger partial charge < -0.3 is 10.2 Å². The van der Waals surface area contributed by atoms with Crippen LogP contribution in [-0.4, -0.2) is 36.3 Å². The number of hydrogen-bond donors (Lipinski definition) is 1. The molecule has 4 heteroatoms. The molecule has 0 aliphatic carbocycles. The zero-order valence-electron chi connectivity index (χ0n) is 12.6. The molecule has 0 bridgehead atoms. The van der Waals surface area contributed by atoms with Crippen LogP contribution >= 0.6 is 0 Å². The lowest BCUT2D eigenvalue weighted by Gasteiger charge is -2.31. The summed E-state index contributed by atoms with van der Waals surface area (Å²) in [5.41, 5.74) is 0. The lowest BCUT2D eigenvalue weighted by atomic mass is 9.95. The molecular formula is C15H28N2O2. The minimum Gasteiger partial charge on any atom is -0.356 e. The van der Waals surface area contributed by atoms with E-state index in [2.05, 4.69) is 19.2 Å². The van der Waals surface area contributed by atoms with Gasteiger partial charge in [0.1, 0.15) is 0 Å². The van der Waals surface area contributed by atoms with E-state index in [1.165, 1.54) is 0 Å². The first-order valence-corrected chi connectivity index (χ1v) is 7.60. The van der Waals surface area contributed by atoms with Crippen molar-refractivity contribution in [2.24, 2.45) is 11.8 Å². The summed E-state index contributed by atoms with van der Waals surface area (Å²) in [6.45, 7) is 8.58. The van der Waals surface area contributed by atoms with Gasteiger partial charge in [-0.15, -0.1) is 0 Å². The minimum absolute atomic E-state index is 0.0952. The van der Waals surface area contributed by atoms with E-state index < -0.39 is 0 Å². The maximum atomic E-state index is 12.0. The smallest absolute Gasteiger partial charge is 0.223 e. The lowest BCUT2D eigenvalue weighted by Crippen LogP contribution is -2.43. The number of amides is 2. The van der Waals surface area contributed by atoms with Gasteiger partial charge in [-0.25, -0.2) is 0 Å². The predicted molar refractivity (Wildman–Crippen MR) is 76.7 cm³/mol. The van der Waals surface area contributed by atoms with Crippen LogP contribution in [0.15, 0.2) is 0 Å². The van der Waals surface area contributed by atoms with Crippen LogP contribution in [0.1, 0.15) is 52.9 Å². The van der Waals surface area contributed by atoms with E-state index in [1.807, 2.05) is 11.8 Å². The van der Waals surface area contributed by atoms with Crippen molar-refractivity contribution in [1.29, 1.82) is 0 Å². The maximum Gasteiger partial charge on any atom is 0.223 e. The van der Waals surface area contributed by atoms with Crippen molar-refractivity contribution in [3.63, 3.8) is 0 Å². The summed E-state index contributed by atoms with van der Waals surface area (Å²) in [5.74, 6) is 1.12. The van der Waals surface area contributed by atoms with Crippen molar-refractivity contribution >= 4 is 11.8 Å². The second-order valence-electron chi connectivity index (χ2n) is 5.88. The molecule has 1 rings (SSSR count). The molecule has 19 heavy (non-hydrogen) atoms. The topological polar surface area (TPSA) is 49.4 Å². The highest BCUT2D eigenvalue weighted by molar-refractivity contribution is 5.80. The lowest BCUT2D eigenvalue weighted by molar-refractivity contribution is -0.135. The molecule has 1 fully saturated rings. The van der Waals surface area contributed by atoms with Gasteiger partial charge in [0.2, 0.25) is 11.8 Å². The Morgan fingerprint density at radius 3 is 2.42 bits per heavy atom. The molecule has 1 N–H and O–H groups in total. The Morgan fingerprint density at radius 1 is 1.26 bits per heavy atom. The fraction of sp³-hybridized carbons (Fsp3) is 0.867. The van der Waals surface area contributed by atoms with E-state index >= 15 is 0 Å². The van der Waals surface area contributed by atoms with Crippen LogP contribution in [0.25, 0.3) is 0 Å². The van der Waals surface area contributed by atoms with Crippen molar-refractivity contribution < 1.29 is 9.59 Å². The van der Waals surface area contributed by atoms with Gasteiger partial charge in [-0.2, -0.15) is 0 Å². The molecule has 0 radical (unpaired) electrons. The molecule has 0 spiro atoms. The van der Waals surface area contributed by atoms with Gasteiger partial charge in [-0.3, -0.25) is 9.59 Å². The van der Waals surface area contributed by atoms with Crippen LogP contribution in [-0.2, 0) is 9.59 Å². The molecule has 4 nitrogen and oxygen atoms in total. The number of rotatable bonds is 6. The Labute approximate surface area is 116 Å². The quantitative estimate of drug-likeness (QED) is 0.802. The first kappa shape index (κ1) is 16.0. The molecule has 1 heterocycles. The van der Waals surface area contributed by atoms with Crippen molar-refractivity contribution in [3.8, 4) is 0 Å². The van der Waals surface area contributed by atoms with Gasteiger partial charge in [0.25, 0.3) is 0 Å². The molecule has 0 atom stereocenters. The Hall–Kier alpha value is -1.06. The fourth-order valence-electron chi connectivity index (χ4n) is 2.39. The van der Waals surface area contributed by atoms with Crippen molar-refractivity contribution in [2.75, 3.05) is 19.6 Å². The summed E-state index contributed by atoms with van der Waals surface area (Å²) in [4.78, 5) is 25.6. The normalized spacial score (nSPS) is 16.7. The first-order valence-electron chi connectivity index (χ1n) is 7.60. The number of carbonyl (C=O) groups is 2. The zero-order chi connectivity index (χ0) is 14.3. The summed E-state index contributed by atoms with van der Waals surface area (Å²) < 4.78 is 0. The monoisotopic (exact) mass is 268 g/mol. The Kier molecular flexibility index (Phi) is 6.89.